The summed E-state index contributed by atoms with van der Waals surface area (Å²) in [5.74, 6) is 0. The van der Waals surface area contributed by atoms with E-state index in [1.165, 1.54) is 0 Å². The van der Waals surface area contributed by atoms with Gasteiger partial charge in [-0.1, -0.05) is 13.3 Å². The Morgan fingerprint density at radius 2 is 1.80 bits per heavy atom. The summed E-state index contributed by atoms with van der Waals surface area (Å²) in [5.41, 5.74) is 0. The quantitative estimate of drug-likeness (QED) is 0.414. The fourth-order valence-corrected chi connectivity index (χ4v) is 1.000. The molecule has 4 nitrogen and oxygen atoms in total. The maximum atomic E-state index is 9.92. The lowest BCUT2D eigenvalue weighted by molar-refractivity contribution is -0.133. The predicted octanol–water partition coefficient (Wildman–Crippen LogP) is 1.77. The summed E-state index contributed by atoms with van der Waals surface area (Å²) >= 11 is 0. The zero-order valence-electron chi connectivity index (χ0n) is 9.90. The Bertz CT molecular complexity index is 150. The van der Waals surface area contributed by atoms with E-state index in [-0.39, 0.29) is 12.2 Å². The third-order valence-electron chi connectivity index (χ3n) is 1.91. The van der Waals surface area contributed by atoms with Gasteiger partial charge in [0, 0.05) is 6.61 Å². The first-order valence-corrected chi connectivity index (χ1v) is 5.49. The summed E-state index contributed by atoms with van der Waals surface area (Å²) in [6.45, 7) is 8.01. The van der Waals surface area contributed by atoms with Gasteiger partial charge in [-0.15, -0.1) is 0 Å². The highest BCUT2D eigenvalue weighted by Crippen LogP contribution is 1.99. The third kappa shape index (κ3) is 9.69. The summed E-state index contributed by atoms with van der Waals surface area (Å²) in [6, 6.07) is 0. The molecule has 0 N–H and O–H groups in total. The van der Waals surface area contributed by atoms with Crippen LogP contribution in [0.4, 0.5) is 0 Å². The van der Waals surface area contributed by atoms with Gasteiger partial charge < -0.3 is 14.2 Å². The van der Waals surface area contributed by atoms with Crippen LogP contribution < -0.4 is 0 Å². The van der Waals surface area contributed by atoms with Crippen molar-refractivity contribution < 1.29 is 19.0 Å². The van der Waals surface area contributed by atoms with E-state index in [0.29, 0.717) is 19.7 Å². The van der Waals surface area contributed by atoms with Crippen molar-refractivity contribution in [3.8, 4) is 0 Å². The van der Waals surface area contributed by atoms with Crippen LogP contribution in [0.1, 0.15) is 33.6 Å². The van der Waals surface area contributed by atoms with Crippen LogP contribution in [0.3, 0.4) is 0 Å². The van der Waals surface area contributed by atoms with Crippen molar-refractivity contribution in [2.24, 2.45) is 0 Å². The van der Waals surface area contributed by atoms with Crippen molar-refractivity contribution in [1.29, 1.82) is 0 Å². The van der Waals surface area contributed by atoms with Crippen molar-refractivity contribution in [2.75, 3.05) is 19.8 Å². The van der Waals surface area contributed by atoms with Gasteiger partial charge in [-0.05, 0) is 20.3 Å². The smallest absolute Gasteiger partial charge is 0.293 e. The van der Waals surface area contributed by atoms with E-state index in [0.717, 1.165) is 19.4 Å². The van der Waals surface area contributed by atoms with E-state index >= 15 is 0 Å². The normalized spacial score (nSPS) is 14.6. The average Bonchev–Trinajstić information content (AvgIpc) is 2.24. The van der Waals surface area contributed by atoms with Crippen LogP contribution in [0.5, 0.6) is 0 Å². The van der Waals surface area contributed by atoms with Crippen LogP contribution in [-0.2, 0) is 19.0 Å². The number of carbonyl (C=O) groups is 1. The van der Waals surface area contributed by atoms with Crippen LogP contribution in [0, 0.1) is 0 Å². The van der Waals surface area contributed by atoms with E-state index in [2.05, 4.69) is 11.7 Å². The molecule has 0 fully saturated rings. The molecule has 0 spiro atoms. The van der Waals surface area contributed by atoms with Gasteiger partial charge in [0.2, 0.25) is 0 Å². The first-order chi connectivity index (χ1) is 7.20. The Balaban J connectivity index is 3.35. The van der Waals surface area contributed by atoms with E-state index in [1.54, 1.807) is 0 Å². The molecule has 0 saturated carbocycles. The lowest BCUT2D eigenvalue weighted by atomic mass is 10.3. The molecule has 0 saturated heterocycles. The molecule has 0 aliphatic rings. The fraction of sp³-hybridized carbons (Fsp3) is 0.909. The van der Waals surface area contributed by atoms with Crippen LogP contribution in [0.2, 0.25) is 0 Å². The molecule has 2 unspecified atom stereocenters. The van der Waals surface area contributed by atoms with Crippen LogP contribution in [0.15, 0.2) is 0 Å². The van der Waals surface area contributed by atoms with E-state index < -0.39 is 0 Å². The molecule has 2 atom stereocenters. The first kappa shape index (κ1) is 14.4. The van der Waals surface area contributed by atoms with E-state index in [9.17, 15) is 4.79 Å². The topological polar surface area (TPSA) is 44.8 Å². The summed E-state index contributed by atoms with van der Waals surface area (Å²) in [7, 11) is 0. The number of carbonyl (C=O) groups excluding carboxylic acids is 1. The van der Waals surface area contributed by atoms with E-state index in [1.807, 2.05) is 13.8 Å². The summed E-state index contributed by atoms with van der Waals surface area (Å²) in [4.78, 5) is 9.92. The molecule has 4 heteroatoms. The minimum absolute atomic E-state index is 0.0765. The Labute approximate surface area is 91.9 Å². The largest absolute Gasteiger partial charge is 0.465 e. The molecular formula is C11H22O4. The van der Waals surface area contributed by atoms with Crippen LogP contribution in [-0.4, -0.2) is 38.5 Å². The van der Waals surface area contributed by atoms with Gasteiger partial charge in [0.05, 0.1) is 18.8 Å². The monoisotopic (exact) mass is 218 g/mol. The molecule has 0 aromatic rings. The fourth-order valence-electron chi connectivity index (χ4n) is 1.000. The maximum Gasteiger partial charge on any atom is 0.293 e. The summed E-state index contributed by atoms with van der Waals surface area (Å²) < 4.78 is 15.5. The number of unbranched alkanes of at least 4 members (excludes halogenated alkanes) is 1. The third-order valence-corrected chi connectivity index (χ3v) is 1.91. The molecule has 0 heterocycles. The van der Waals surface area contributed by atoms with Crippen molar-refractivity contribution in [3.05, 3.63) is 0 Å². The Morgan fingerprint density at radius 3 is 2.40 bits per heavy atom. The van der Waals surface area contributed by atoms with Gasteiger partial charge in [-0.25, -0.2) is 0 Å². The second-order valence-corrected chi connectivity index (χ2v) is 3.61. The van der Waals surface area contributed by atoms with Crippen molar-refractivity contribution in [1.82, 2.24) is 0 Å². The predicted molar refractivity (Wildman–Crippen MR) is 57.8 cm³/mol. The molecule has 0 aromatic heterocycles. The van der Waals surface area contributed by atoms with Crippen molar-refractivity contribution >= 4 is 6.47 Å². The summed E-state index contributed by atoms with van der Waals surface area (Å²) in [6.07, 6.45) is 2.23. The standard InChI is InChI=1S/C11H22O4/c1-4-5-6-14-11(3)8-15-10(2)7-13-9-12/h9-11H,4-8H2,1-3H3. The van der Waals surface area contributed by atoms with E-state index in [4.69, 9.17) is 9.47 Å². The lowest BCUT2D eigenvalue weighted by Crippen LogP contribution is -2.23. The molecule has 0 aliphatic carbocycles. The molecule has 0 amide bonds. The molecule has 90 valence electrons. The van der Waals surface area contributed by atoms with Gasteiger partial charge in [0.25, 0.3) is 6.47 Å². The Kier molecular flexibility index (Phi) is 9.52. The van der Waals surface area contributed by atoms with Gasteiger partial charge in [0.1, 0.15) is 6.61 Å². The van der Waals surface area contributed by atoms with Gasteiger partial charge in [-0.3, -0.25) is 4.79 Å². The highest BCUT2D eigenvalue weighted by molar-refractivity contribution is 5.36. The number of rotatable bonds is 10. The molecule has 0 rings (SSSR count). The minimum atomic E-state index is -0.0765. The highest BCUT2D eigenvalue weighted by atomic mass is 16.6. The first-order valence-electron chi connectivity index (χ1n) is 5.49. The van der Waals surface area contributed by atoms with Gasteiger partial charge in [-0.2, -0.15) is 0 Å². The van der Waals surface area contributed by atoms with Crippen molar-refractivity contribution in [3.63, 3.8) is 0 Å². The van der Waals surface area contributed by atoms with Gasteiger partial charge >= 0.3 is 0 Å². The van der Waals surface area contributed by atoms with Crippen molar-refractivity contribution in [2.45, 2.75) is 45.8 Å². The molecule has 15 heavy (non-hydrogen) atoms. The van der Waals surface area contributed by atoms with Crippen LogP contribution >= 0.6 is 0 Å². The second-order valence-electron chi connectivity index (χ2n) is 3.61. The average molecular weight is 218 g/mol. The SMILES string of the molecule is CCCCOC(C)COC(C)COC=O. The number of hydrogen-bond acceptors (Lipinski definition) is 4. The van der Waals surface area contributed by atoms with Gasteiger partial charge in [0.15, 0.2) is 0 Å². The lowest BCUT2D eigenvalue weighted by Gasteiger charge is -2.16. The summed E-state index contributed by atoms with van der Waals surface area (Å²) in [5, 5.41) is 0. The second kappa shape index (κ2) is 9.93. The molecule has 0 bridgehead atoms. The molecule has 0 aliphatic heterocycles. The number of hydrogen-bond donors (Lipinski definition) is 0. The Morgan fingerprint density at radius 1 is 1.13 bits per heavy atom. The number of ether oxygens (including phenoxy) is 3. The minimum Gasteiger partial charge on any atom is -0.465 e. The highest BCUT2D eigenvalue weighted by Gasteiger charge is 2.06. The molecule has 0 radical (unpaired) electrons. The zero-order valence-corrected chi connectivity index (χ0v) is 9.90. The molecule has 0 aromatic carbocycles. The molecular weight excluding hydrogens is 196 g/mol. The maximum absolute atomic E-state index is 9.92. The Hall–Kier alpha value is -0.610. The zero-order chi connectivity index (χ0) is 11.5. The van der Waals surface area contributed by atoms with Crippen LogP contribution in [0.25, 0.3) is 0 Å².